The highest BCUT2D eigenvalue weighted by Gasteiger charge is 2.45. The fourth-order valence-electron chi connectivity index (χ4n) is 7.06. The van der Waals surface area contributed by atoms with Crippen molar-refractivity contribution >= 4 is 42.4 Å². The Balaban J connectivity index is 1.41. The largest absolute Gasteiger partial charge is 0.491 e. The molecule has 5 aromatic carbocycles. The lowest BCUT2D eigenvalue weighted by Crippen LogP contribution is -2.38. The highest BCUT2D eigenvalue weighted by atomic mass is 31.1. The zero-order chi connectivity index (χ0) is 30.7. The predicted octanol–water partition coefficient (Wildman–Crippen LogP) is 6.85. The summed E-state index contributed by atoms with van der Waals surface area (Å²) in [7, 11) is -1.70. The molecular formula is C40H36O4P2. The lowest BCUT2D eigenvalue weighted by Gasteiger charge is -2.43. The first-order valence-corrected chi connectivity index (χ1v) is 18.8. The van der Waals surface area contributed by atoms with E-state index in [0.29, 0.717) is 26.4 Å². The number of benzene rings is 5. The second-order valence-electron chi connectivity index (χ2n) is 11.6. The van der Waals surface area contributed by atoms with Gasteiger partial charge >= 0.3 is 0 Å². The smallest absolute Gasteiger partial charge is 0.165 e. The quantitative estimate of drug-likeness (QED) is 0.182. The standard InChI is InChI=1S/C40H36O4P2/c1-5-13-29(14-6-1)45(30-15-7-2-8-16-30)35-23-21-33-39(43-27-25-41-33)37(35)38-36(24-22-34-40(38)44-28-26-42-34)46(31-17-9-3-10-18-31)32-19-11-4-12-20-32/h1-21,23,36,38H,22,24-28H2/t36-,38+/m1/s1. The van der Waals surface area contributed by atoms with E-state index in [9.17, 15) is 0 Å². The van der Waals surface area contributed by atoms with E-state index in [2.05, 4.69) is 133 Å². The van der Waals surface area contributed by atoms with Crippen LogP contribution in [0.1, 0.15) is 24.3 Å². The van der Waals surface area contributed by atoms with Crippen molar-refractivity contribution in [3.8, 4) is 11.5 Å². The van der Waals surface area contributed by atoms with Crippen molar-refractivity contribution in [2.45, 2.75) is 24.4 Å². The zero-order valence-corrected chi connectivity index (χ0v) is 27.4. The van der Waals surface area contributed by atoms with Gasteiger partial charge in [0.15, 0.2) is 11.5 Å². The summed E-state index contributed by atoms with van der Waals surface area (Å²) in [4.78, 5) is 0. The van der Waals surface area contributed by atoms with Gasteiger partial charge in [0.1, 0.15) is 37.9 Å². The van der Waals surface area contributed by atoms with Gasteiger partial charge in [-0.2, -0.15) is 0 Å². The van der Waals surface area contributed by atoms with Crippen molar-refractivity contribution in [3.05, 3.63) is 151 Å². The van der Waals surface area contributed by atoms with Crippen LogP contribution >= 0.6 is 15.8 Å². The molecule has 8 rings (SSSR count). The van der Waals surface area contributed by atoms with E-state index in [4.69, 9.17) is 18.9 Å². The van der Waals surface area contributed by atoms with E-state index in [1.807, 2.05) is 0 Å². The van der Waals surface area contributed by atoms with E-state index in [0.717, 1.165) is 35.9 Å². The highest BCUT2D eigenvalue weighted by molar-refractivity contribution is 7.80. The van der Waals surface area contributed by atoms with Gasteiger partial charge < -0.3 is 18.9 Å². The predicted molar refractivity (Wildman–Crippen MR) is 190 cm³/mol. The summed E-state index contributed by atoms with van der Waals surface area (Å²) in [5, 5.41) is 6.63. The Morgan fingerprint density at radius 3 is 1.63 bits per heavy atom. The molecule has 1 aliphatic carbocycles. The maximum absolute atomic E-state index is 6.71. The molecule has 2 heterocycles. The van der Waals surface area contributed by atoms with Gasteiger partial charge in [-0.15, -0.1) is 0 Å². The fourth-order valence-corrected chi connectivity index (χ4v) is 12.6. The van der Waals surface area contributed by atoms with Crippen molar-refractivity contribution in [1.82, 2.24) is 0 Å². The topological polar surface area (TPSA) is 36.9 Å². The van der Waals surface area contributed by atoms with Crippen LogP contribution < -0.4 is 36.0 Å². The van der Waals surface area contributed by atoms with Gasteiger partial charge in [0.2, 0.25) is 0 Å². The van der Waals surface area contributed by atoms with Crippen molar-refractivity contribution in [3.63, 3.8) is 0 Å². The Hall–Kier alpha value is -4.10. The van der Waals surface area contributed by atoms with E-state index in [1.165, 1.54) is 32.1 Å². The van der Waals surface area contributed by atoms with Crippen LogP contribution in [0.2, 0.25) is 0 Å². The number of ether oxygens (including phenoxy) is 4. The molecule has 2 atom stereocenters. The lowest BCUT2D eigenvalue weighted by atomic mass is 9.84. The molecule has 6 heteroatoms. The Morgan fingerprint density at radius 1 is 0.500 bits per heavy atom. The Bertz CT molecular complexity index is 1730. The van der Waals surface area contributed by atoms with Gasteiger partial charge in [-0.1, -0.05) is 121 Å². The van der Waals surface area contributed by atoms with Gasteiger partial charge in [0, 0.05) is 17.6 Å². The molecular weight excluding hydrogens is 606 g/mol. The molecule has 0 aromatic heterocycles. The number of allylic oxidation sites excluding steroid dienone is 2. The molecule has 0 radical (unpaired) electrons. The van der Waals surface area contributed by atoms with E-state index >= 15 is 0 Å². The first-order valence-electron chi connectivity index (χ1n) is 16.1. The van der Waals surface area contributed by atoms with Crippen molar-refractivity contribution < 1.29 is 18.9 Å². The molecule has 2 aliphatic heterocycles. The third-order valence-corrected chi connectivity index (χ3v) is 14.4. The third kappa shape index (κ3) is 5.59. The van der Waals surface area contributed by atoms with E-state index < -0.39 is 15.8 Å². The molecule has 0 spiro atoms. The van der Waals surface area contributed by atoms with Crippen LogP contribution in [0.25, 0.3) is 0 Å². The molecule has 230 valence electrons. The normalized spacial score (nSPS) is 18.9. The fraction of sp³-hybridized carbons (Fsp3) is 0.200. The van der Waals surface area contributed by atoms with Gasteiger partial charge in [-0.25, -0.2) is 0 Å². The zero-order valence-electron chi connectivity index (χ0n) is 25.6. The minimum atomic E-state index is -0.926. The average Bonchev–Trinajstić information content (AvgIpc) is 3.14. The molecule has 5 aromatic rings. The highest BCUT2D eigenvalue weighted by Crippen LogP contribution is 2.58. The van der Waals surface area contributed by atoms with Crippen molar-refractivity contribution in [2.75, 3.05) is 26.4 Å². The molecule has 46 heavy (non-hydrogen) atoms. The van der Waals surface area contributed by atoms with Crippen LogP contribution in [0, 0.1) is 0 Å². The number of hydrogen-bond donors (Lipinski definition) is 0. The molecule has 3 aliphatic rings. The minimum Gasteiger partial charge on any atom is -0.491 e. The van der Waals surface area contributed by atoms with Crippen LogP contribution in [-0.4, -0.2) is 32.1 Å². The van der Waals surface area contributed by atoms with Gasteiger partial charge in [0.25, 0.3) is 0 Å². The SMILES string of the molecule is c1ccc(P(c2ccccc2)c2ccc3c(c2[C@H]2C4=C(CC[C@H]2P(c2ccccc2)c2ccccc2)OCCO4)OCCO3)cc1. The Labute approximate surface area is 273 Å². The summed E-state index contributed by atoms with van der Waals surface area (Å²) < 4.78 is 26.1. The van der Waals surface area contributed by atoms with Gasteiger partial charge in [-0.3, -0.25) is 0 Å². The molecule has 0 N–H and O–H groups in total. The lowest BCUT2D eigenvalue weighted by molar-refractivity contribution is 0.0399. The monoisotopic (exact) mass is 642 g/mol. The van der Waals surface area contributed by atoms with E-state index in [1.54, 1.807) is 0 Å². The Morgan fingerprint density at radius 2 is 1.02 bits per heavy atom. The van der Waals surface area contributed by atoms with E-state index in [-0.39, 0.29) is 11.6 Å². The van der Waals surface area contributed by atoms with Crippen LogP contribution in [0.4, 0.5) is 0 Å². The van der Waals surface area contributed by atoms with Gasteiger partial charge in [0.05, 0.1) is 5.92 Å². The summed E-state index contributed by atoms with van der Waals surface area (Å²) in [5.74, 6) is 3.57. The second-order valence-corrected chi connectivity index (χ2v) is 16.3. The number of hydrogen-bond acceptors (Lipinski definition) is 4. The summed E-state index contributed by atoms with van der Waals surface area (Å²) in [6.45, 7) is 2.19. The molecule has 0 saturated heterocycles. The third-order valence-electron chi connectivity index (χ3n) is 8.93. The van der Waals surface area contributed by atoms with Crippen LogP contribution in [0.3, 0.4) is 0 Å². The average molecular weight is 643 g/mol. The van der Waals surface area contributed by atoms with Crippen molar-refractivity contribution in [1.29, 1.82) is 0 Å². The molecule has 4 nitrogen and oxygen atoms in total. The summed E-state index contributed by atoms with van der Waals surface area (Å²) >= 11 is 0. The summed E-state index contributed by atoms with van der Waals surface area (Å²) in [6, 6.07) is 48.4. The first kappa shape index (κ1) is 29.3. The molecule has 0 unspecified atom stereocenters. The van der Waals surface area contributed by atoms with Crippen LogP contribution in [0.15, 0.2) is 145 Å². The minimum absolute atomic E-state index is 0.0698. The molecule has 0 bridgehead atoms. The van der Waals surface area contributed by atoms with Crippen LogP contribution in [-0.2, 0) is 9.47 Å². The first-order chi connectivity index (χ1) is 22.9. The number of fused-ring (bicyclic) bond motifs is 1. The molecule has 0 fully saturated rings. The maximum Gasteiger partial charge on any atom is 0.165 e. The maximum atomic E-state index is 6.71. The Kier molecular flexibility index (Phi) is 8.49. The second kappa shape index (κ2) is 13.3. The van der Waals surface area contributed by atoms with Gasteiger partial charge in [-0.05, 0) is 60.9 Å². The number of rotatable bonds is 7. The molecule has 0 amide bonds. The van der Waals surface area contributed by atoms with Crippen LogP contribution in [0.5, 0.6) is 11.5 Å². The summed E-state index contributed by atoms with van der Waals surface area (Å²) in [6.07, 6.45) is 1.85. The summed E-state index contributed by atoms with van der Waals surface area (Å²) in [5.41, 5.74) is 1.44. The van der Waals surface area contributed by atoms with Crippen molar-refractivity contribution in [2.24, 2.45) is 0 Å². The molecule has 0 saturated carbocycles.